The van der Waals surface area contributed by atoms with Crippen molar-refractivity contribution in [1.82, 2.24) is 4.57 Å². The number of aromatic nitrogens is 1. The molecule has 4 heteroatoms. The Morgan fingerprint density at radius 2 is 1.70 bits per heavy atom. The van der Waals surface area contributed by atoms with Crippen molar-refractivity contribution in [3.63, 3.8) is 0 Å². The molecule has 20 heavy (non-hydrogen) atoms. The highest BCUT2D eigenvalue weighted by atomic mass is 35.5. The molecular formula is C16H11Cl2NO. The summed E-state index contributed by atoms with van der Waals surface area (Å²) >= 11 is 11.9. The molecule has 0 aliphatic rings. The highest BCUT2D eigenvalue weighted by molar-refractivity contribution is 6.31. The summed E-state index contributed by atoms with van der Waals surface area (Å²) in [6.45, 7) is 0.669. The van der Waals surface area contributed by atoms with Crippen LogP contribution in [-0.4, -0.2) is 10.9 Å². The third kappa shape index (κ3) is 2.45. The molecule has 0 N–H and O–H groups in total. The number of hydrogen-bond acceptors (Lipinski definition) is 1. The predicted molar refractivity (Wildman–Crippen MR) is 82.9 cm³/mol. The molecule has 0 atom stereocenters. The highest BCUT2D eigenvalue weighted by Crippen LogP contribution is 2.25. The Labute approximate surface area is 126 Å². The van der Waals surface area contributed by atoms with Crippen molar-refractivity contribution in [3.05, 3.63) is 69.8 Å². The fraction of sp³-hybridized carbons (Fsp3) is 0.0625. The van der Waals surface area contributed by atoms with Gasteiger partial charge in [-0.2, -0.15) is 0 Å². The van der Waals surface area contributed by atoms with Gasteiger partial charge in [0.15, 0.2) is 6.29 Å². The van der Waals surface area contributed by atoms with Gasteiger partial charge in [0.1, 0.15) is 0 Å². The second-order valence-electron chi connectivity index (χ2n) is 4.62. The third-order valence-electron chi connectivity index (χ3n) is 3.27. The number of carbonyl (C=O) groups excluding carboxylic acids is 1. The monoisotopic (exact) mass is 303 g/mol. The lowest BCUT2D eigenvalue weighted by atomic mass is 10.2. The fourth-order valence-electron chi connectivity index (χ4n) is 2.30. The van der Waals surface area contributed by atoms with Crippen LogP contribution in [0.25, 0.3) is 10.9 Å². The molecule has 1 heterocycles. The third-order valence-corrected chi connectivity index (χ3v) is 3.76. The minimum Gasteiger partial charge on any atom is -0.342 e. The van der Waals surface area contributed by atoms with Gasteiger partial charge in [-0.05, 0) is 29.8 Å². The fourth-order valence-corrected chi connectivity index (χ4v) is 2.60. The van der Waals surface area contributed by atoms with Gasteiger partial charge >= 0.3 is 0 Å². The molecule has 2 aromatic carbocycles. The van der Waals surface area contributed by atoms with Crippen molar-refractivity contribution >= 4 is 40.4 Å². The SMILES string of the molecule is O=Cc1cn(Cc2ccc(Cl)cc2)c2cc(Cl)ccc12. The Bertz CT molecular complexity index is 775. The van der Waals surface area contributed by atoms with Gasteiger partial charge in [0.2, 0.25) is 0 Å². The molecule has 0 saturated carbocycles. The summed E-state index contributed by atoms with van der Waals surface area (Å²) < 4.78 is 2.02. The van der Waals surface area contributed by atoms with Crippen molar-refractivity contribution in [3.8, 4) is 0 Å². The number of carbonyl (C=O) groups is 1. The lowest BCUT2D eigenvalue weighted by molar-refractivity contribution is 0.112. The van der Waals surface area contributed by atoms with E-state index >= 15 is 0 Å². The molecule has 100 valence electrons. The minimum atomic E-state index is 0.658. The number of rotatable bonds is 3. The van der Waals surface area contributed by atoms with Gasteiger partial charge in [-0.25, -0.2) is 0 Å². The van der Waals surface area contributed by atoms with Crippen LogP contribution in [0.5, 0.6) is 0 Å². The normalized spacial score (nSPS) is 10.9. The van der Waals surface area contributed by atoms with Crippen LogP contribution in [-0.2, 0) is 6.54 Å². The standard InChI is InChI=1S/C16H11Cl2NO/c17-13-3-1-11(2-4-13)8-19-9-12(10-20)15-6-5-14(18)7-16(15)19/h1-7,9-10H,8H2. The molecule has 0 spiro atoms. The maximum absolute atomic E-state index is 11.2. The minimum absolute atomic E-state index is 0.658. The first-order valence-electron chi connectivity index (χ1n) is 6.15. The Hall–Kier alpha value is -1.77. The van der Waals surface area contributed by atoms with E-state index in [0.717, 1.165) is 22.8 Å². The van der Waals surface area contributed by atoms with Gasteiger partial charge in [0.05, 0.1) is 5.52 Å². The molecule has 0 unspecified atom stereocenters. The molecule has 3 rings (SSSR count). The number of hydrogen-bond donors (Lipinski definition) is 0. The van der Waals surface area contributed by atoms with Crippen LogP contribution >= 0.6 is 23.2 Å². The lowest BCUT2D eigenvalue weighted by Crippen LogP contribution is -1.97. The topological polar surface area (TPSA) is 22.0 Å². The van der Waals surface area contributed by atoms with Crippen molar-refractivity contribution < 1.29 is 4.79 Å². The molecule has 0 amide bonds. The van der Waals surface area contributed by atoms with E-state index in [0.29, 0.717) is 22.2 Å². The second-order valence-corrected chi connectivity index (χ2v) is 5.49. The van der Waals surface area contributed by atoms with Crippen LogP contribution in [0.3, 0.4) is 0 Å². The van der Waals surface area contributed by atoms with E-state index in [1.165, 1.54) is 0 Å². The number of aldehydes is 1. The van der Waals surface area contributed by atoms with Crippen molar-refractivity contribution in [2.45, 2.75) is 6.54 Å². The van der Waals surface area contributed by atoms with E-state index in [-0.39, 0.29) is 0 Å². The zero-order chi connectivity index (χ0) is 14.1. The molecule has 1 aromatic heterocycles. The molecule has 0 bridgehead atoms. The maximum Gasteiger partial charge on any atom is 0.152 e. The Kier molecular flexibility index (Phi) is 3.51. The smallest absolute Gasteiger partial charge is 0.152 e. The zero-order valence-corrected chi connectivity index (χ0v) is 12.0. The van der Waals surface area contributed by atoms with Gasteiger partial charge in [-0.1, -0.05) is 41.4 Å². The first-order valence-corrected chi connectivity index (χ1v) is 6.91. The molecule has 0 aliphatic carbocycles. The van der Waals surface area contributed by atoms with Crippen LogP contribution < -0.4 is 0 Å². The Balaban J connectivity index is 2.08. The predicted octanol–water partition coefficient (Wildman–Crippen LogP) is 4.81. The van der Waals surface area contributed by atoms with E-state index in [4.69, 9.17) is 23.2 Å². The lowest BCUT2D eigenvalue weighted by Gasteiger charge is -2.06. The number of halogens is 2. The van der Waals surface area contributed by atoms with E-state index in [9.17, 15) is 4.79 Å². The summed E-state index contributed by atoms with van der Waals surface area (Å²) in [4.78, 5) is 11.2. The van der Waals surface area contributed by atoms with E-state index in [1.807, 2.05) is 47.2 Å². The summed E-state index contributed by atoms with van der Waals surface area (Å²) in [6.07, 6.45) is 2.72. The molecule has 3 aromatic rings. The van der Waals surface area contributed by atoms with Crippen molar-refractivity contribution in [2.24, 2.45) is 0 Å². The number of fused-ring (bicyclic) bond motifs is 1. The van der Waals surface area contributed by atoms with E-state index in [2.05, 4.69) is 0 Å². The average molecular weight is 304 g/mol. The first-order chi connectivity index (χ1) is 9.67. The molecule has 0 saturated heterocycles. The van der Waals surface area contributed by atoms with Crippen LogP contribution in [0.4, 0.5) is 0 Å². The summed E-state index contributed by atoms with van der Waals surface area (Å²) in [6, 6.07) is 13.2. The molecule has 2 nitrogen and oxygen atoms in total. The molecule has 0 radical (unpaired) electrons. The largest absolute Gasteiger partial charge is 0.342 e. The molecule has 0 aliphatic heterocycles. The Morgan fingerprint density at radius 3 is 2.40 bits per heavy atom. The van der Waals surface area contributed by atoms with Crippen LogP contribution in [0.2, 0.25) is 10.0 Å². The highest BCUT2D eigenvalue weighted by Gasteiger charge is 2.08. The van der Waals surface area contributed by atoms with Gasteiger partial charge in [-0.3, -0.25) is 4.79 Å². The quantitative estimate of drug-likeness (QED) is 0.636. The molecular weight excluding hydrogens is 293 g/mol. The van der Waals surface area contributed by atoms with E-state index < -0.39 is 0 Å². The number of benzene rings is 2. The van der Waals surface area contributed by atoms with Gasteiger partial charge in [0, 0.05) is 33.7 Å². The van der Waals surface area contributed by atoms with Gasteiger partial charge in [-0.15, -0.1) is 0 Å². The van der Waals surface area contributed by atoms with Crippen LogP contribution in [0.15, 0.2) is 48.7 Å². The Morgan fingerprint density at radius 1 is 1.00 bits per heavy atom. The first kappa shape index (κ1) is 13.2. The summed E-state index contributed by atoms with van der Waals surface area (Å²) in [5.74, 6) is 0. The second kappa shape index (κ2) is 5.31. The summed E-state index contributed by atoms with van der Waals surface area (Å²) in [5, 5.41) is 2.28. The molecule has 0 fully saturated rings. The van der Waals surface area contributed by atoms with Crippen molar-refractivity contribution in [2.75, 3.05) is 0 Å². The summed E-state index contributed by atoms with van der Waals surface area (Å²) in [7, 11) is 0. The zero-order valence-electron chi connectivity index (χ0n) is 10.5. The van der Waals surface area contributed by atoms with Crippen LogP contribution in [0, 0.1) is 0 Å². The maximum atomic E-state index is 11.2. The average Bonchev–Trinajstić information content (AvgIpc) is 2.79. The number of nitrogens with zero attached hydrogens (tertiary/aromatic N) is 1. The van der Waals surface area contributed by atoms with Gasteiger partial charge in [0.25, 0.3) is 0 Å². The van der Waals surface area contributed by atoms with Gasteiger partial charge < -0.3 is 4.57 Å². The van der Waals surface area contributed by atoms with E-state index in [1.54, 1.807) is 6.07 Å². The summed E-state index contributed by atoms with van der Waals surface area (Å²) in [5.41, 5.74) is 2.74. The van der Waals surface area contributed by atoms with Crippen molar-refractivity contribution in [1.29, 1.82) is 0 Å². The van der Waals surface area contributed by atoms with Crippen LogP contribution in [0.1, 0.15) is 15.9 Å².